The number of rotatable bonds is 0. The van der Waals surface area contributed by atoms with E-state index in [-0.39, 0.29) is 5.60 Å². The van der Waals surface area contributed by atoms with E-state index >= 15 is 0 Å². The molecule has 0 radical (unpaired) electrons. The van der Waals surface area contributed by atoms with E-state index in [0.29, 0.717) is 17.5 Å². The molecule has 2 unspecified atom stereocenters. The van der Waals surface area contributed by atoms with Gasteiger partial charge in [-0.1, -0.05) is 11.6 Å². The maximum absolute atomic E-state index is 10.5. The Morgan fingerprint density at radius 1 is 1.30 bits per heavy atom. The van der Waals surface area contributed by atoms with Crippen molar-refractivity contribution < 1.29 is 9.84 Å². The van der Waals surface area contributed by atoms with Crippen LogP contribution in [0.4, 0.5) is 0 Å². The number of hydrogen-bond acceptors (Lipinski definition) is 3. The summed E-state index contributed by atoms with van der Waals surface area (Å²) >= 11 is 6.02. The van der Waals surface area contributed by atoms with Crippen LogP contribution in [-0.2, 0) is 0 Å². The zero-order valence-corrected chi connectivity index (χ0v) is 12.3. The highest BCUT2D eigenvalue weighted by molar-refractivity contribution is 6.30. The van der Waals surface area contributed by atoms with Crippen molar-refractivity contribution in [2.24, 2.45) is 0 Å². The molecule has 2 saturated heterocycles. The second-order valence-electron chi connectivity index (χ2n) is 6.47. The first kappa shape index (κ1) is 12.9. The van der Waals surface area contributed by atoms with E-state index in [0.717, 1.165) is 30.7 Å². The van der Waals surface area contributed by atoms with E-state index in [1.807, 2.05) is 18.2 Å². The number of fused-ring (bicyclic) bond motifs is 2. The summed E-state index contributed by atoms with van der Waals surface area (Å²) in [5, 5.41) is 11.2. The molecule has 0 amide bonds. The SMILES string of the molecule is O[C@H]1CC2(CCN3CCCC3C2)Oc2ccc(Cl)cc21. The minimum atomic E-state index is -0.453. The molecule has 1 spiro atoms. The number of piperidine rings is 1. The van der Waals surface area contributed by atoms with Crippen LogP contribution in [0.2, 0.25) is 5.02 Å². The van der Waals surface area contributed by atoms with E-state index in [1.165, 1.54) is 19.4 Å². The van der Waals surface area contributed by atoms with Crippen LogP contribution in [0.5, 0.6) is 5.75 Å². The predicted molar refractivity (Wildman–Crippen MR) is 78.2 cm³/mol. The van der Waals surface area contributed by atoms with Crippen LogP contribution in [0.25, 0.3) is 0 Å². The summed E-state index contributed by atoms with van der Waals surface area (Å²) in [5.74, 6) is 0.819. The highest BCUT2D eigenvalue weighted by atomic mass is 35.5. The molecule has 4 rings (SSSR count). The third-order valence-electron chi connectivity index (χ3n) is 5.18. The van der Waals surface area contributed by atoms with E-state index in [4.69, 9.17) is 16.3 Å². The first-order valence-corrected chi connectivity index (χ1v) is 7.94. The van der Waals surface area contributed by atoms with Crippen molar-refractivity contribution in [2.75, 3.05) is 13.1 Å². The quantitative estimate of drug-likeness (QED) is 0.797. The molecule has 3 aliphatic heterocycles. The van der Waals surface area contributed by atoms with Gasteiger partial charge in [0.05, 0.1) is 6.10 Å². The first-order valence-electron chi connectivity index (χ1n) is 7.56. The summed E-state index contributed by atoms with van der Waals surface area (Å²) in [7, 11) is 0. The molecule has 1 N–H and O–H groups in total. The van der Waals surface area contributed by atoms with Crippen LogP contribution in [0.1, 0.15) is 43.8 Å². The van der Waals surface area contributed by atoms with Gasteiger partial charge in [-0.2, -0.15) is 0 Å². The van der Waals surface area contributed by atoms with Crippen molar-refractivity contribution in [3.63, 3.8) is 0 Å². The van der Waals surface area contributed by atoms with Gasteiger partial charge in [0, 0.05) is 36.0 Å². The molecule has 1 aromatic rings. The van der Waals surface area contributed by atoms with Crippen LogP contribution in [-0.4, -0.2) is 34.7 Å². The zero-order valence-electron chi connectivity index (χ0n) is 11.5. The summed E-state index contributed by atoms with van der Waals surface area (Å²) in [5.41, 5.74) is 0.670. The minimum absolute atomic E-state index is 0.175. The van der Waals surface area contributed by atoms with Crippen molar-refractivity contribution in [2.45, 2.75) is 49.9 Å². The lowest BCUT2D eigenvalue weighted by atomic mass is 9.79. The molecule has 4 heteroatoms. The fourth-order valence-corrected chi connectivity index (χ4v) is 4.37. The number of benzene rings is 1. The zero-order chi connectivity index (χ0) is 13.7. The van der Waals surface area contributed by atoms with Crippen molar-refractivity contribution in [3.8, 4) is 5.75 Å². The van der Waals surface area contributed by atoms with Gasteiger partial charge in [0.1, 0.15) is 11.4 Å². The fourth-order valence-electron chi connectivity index (χ4n) is 4.19. The molecule has 0 aliphatic carbocycles. The smallest absolute Gasteiger partial charge is 0.126 e. The van der Waals surface area contributed by atoms with E-state index in [2.05, 4.69) is 4.90 Å². The van der Waals surface area contributed by atoms with E-state index in [9.17, 15) is 5.11 Å². The monoisotopic (exact) mass is 293 g/mol. The molecule has 2 fully saturated rings. The molecule has 20 heavy (non-hydrogen) atoms. The van der Waals surface area contributed by atoms with Gasteiger partial charge in [0.25, 0.3) is 0 Å². The largest absolute Gasteiger partial charge is 0.487 e. The number of ether oxygens (including phenoxy) is 1. The third kappa shape index (κ3) is 2.03. The van der Waals surface area contributed by atoms with E-state index < -0.39 is 6.10 Å². The molecule has 3 atom stereocenters. The van der Waals surface area contributed by atoms with Crippen LogP contribution in [0, 0.1) is 0 Å². The normalized spacial score (nSPS) is 36.5. The highest BCUT2D eigenvalue weighted by Crippen LogP contribution is 2.47. The molecular formula is C16H20ClNO2. The lowest BCUT2D eigenvalue weighted by Crippen LogP contribution is -2.52. The lowest BCUT2D eigenvalue weighted by Gasteiger charge is -2.47. The lowest BCUT2D eigenvalue weighted by molar-refractivity contribution is -0.0645. The van der Waals surface area contributed by atoms with Gasteiger partial charge in [-0.15, -0.1) is 0 Å². The van der Waals surface area contributed by atoms with Crippen molar-refractivity contribution >= 4 is 11.6 Å². The van der Waals surface area contributed by atoms with Crippen LogP contribution >= 0.6 is 11.6 Å². The summed E-state index contributed by atoms with van der Waals surface area (Å²) in [6, 6.07) is 6.23. The molecule has 3 nitrogen and oxygen atoms in total. The van der Waals surface area contributed by atoms with Gasteiger partial charge < -0.3 is 14.7 Å². The average Bonchev–Trinajstić information content (AvgIpc) is 2.87. The highest BCUT2D eigenvalue weighted by Gasteiger charge is 2.47. The van der Waals surface area contributed by atoms with Gasteiger partial charge in [0.15, 0.2) is 0 Å². The van der Waals surface area contributed by atoms with Gasteiger partial charge in [-0.25, -0.2) is 0 Å². The number of aliphatic hydroxyl groups is 1. The standard InChI is InChI=1S/C16H20ClNO2/c17-11-3-4-15-13(8-11)14(19)10-16(20-15)5-7-18-6-1-2-12(18)9-16/h3-4,8,12,14,19H,1-2,5-7,9-10H2/t12?,14-,16?/m0/s1. The van der Waals surface area contributed by atoms with Crippen molar-refractivity contribution in [1.82, 2.24) is 4.90 Å². The molecule has 0 bridgehead atoms. The molecule has 3 aliphatic rings. The summed E-state index contributed by atoms with van der Waals surface area (Å²) in [4.78, 5) is 2.58. The Hall–Kier alpha value is -0.770. The Labute approximate surface area is 124 Å². The fraction of sp³-hybridized carbons (Fsp3) is 0.625. The predicted octanol–water partition coefficient (Wildman–Crippen LogP) is 3.15. The second-order valence-corrected chi connectivity index (χ2v) is 6.91. The number of aliphatic hydroxyl groups excluding tert-OH is 1. The molecule has 0 saturated carbocycles. The van der Waals surface area contributed by atoms with Crippen molar-refractivity contribution in [1.29, 1.82) is 0 Å². The van der Waals surface area contributed by atoms with Crippen LogP contribution < -0.4 is 4.74 Å². The molecule has 108 valence electrons. The maximum Gasteiger partial charge on any atom is 0.126 e. The second kappa shape index (κ2) is 4.62. The molecule has 0 aromatic heterocycles. The molecule has 1 aromatic carbocycles. The van der Waals surface area contributed by atoms with Crippen LogP contribution in [0.15, 0.2) is 18.2 Å². The minimum Gasteiger partial charge on any atom is -0.487 e. The Kier molecular flexibility index (Phi) is 2.99. The summed E-state index contributed by atoms with van der Waals surface area (Å²) in [6.45, 7) is 2.33. The van der Waals surface area contributed by atoms with Crippen LogP contribution in [0.3, 0.4) is 0 Å². The first-order chi connectivity index (χ1) is 9.65. The Morgan fingerprint density at radius 3 is 3.10 bits per heavy atom. The topological polar surface area (TPSA) is 32.7 Å². The van der Waals surface area contributed by atoms with Gasteiger partial charge in [-0.3, -0.25) is 0 Å². The Bertz CT molecular complexity index is 535. The Morgan fingerprint density at radius 2 is 2.20 bits per heavy atom. The van der Waals surface area contributed by atoms with Gasteiger partial charge in [-0.05, 0) is 44.0 Å². The van der Waals surface area contributed by atoms with Crippen molar-refractivity contribution in [3.05, 3.63) is 28.8 Å². The number of halogens is 1. The molecular weight excluding hydrogens is 274 g/mol. The number of nitrogens with zero attached hydrogens (tertiary/aromatic N) is 1. The third-order valence-corrected chi connectivity index (χ3v) is 5.42. The average molecular weight is 294 g/mol. The Balaban J connectivity index is 1.63. The molecule has 3 heterocycles. The maximum atomic E-state index is 10.5. The van der Waals surface area contributed by atoms with E-state index in [1.54, 1.807) is 0 Å². The number of hydrogen-bond donors (Lipinski definition) is 1. The van der Waals surface area contributed by atoms with Gasteiger partial charge in [0.2, 0.25) is 0 Å². The van der Waals surface area contributed by atoms with Gasteiger partial charge >= 0.3 is 0 Å². The summed E-state index contributed by atoms with van der Waals surface area (Å²) < 4.78 is 6.35. The summed E-state index contributed by atoms with van der Waals surface area (Å²) in [6.07, 6.45) is 4.88.